The van der Waals surface area contributed by atoms with Gasteiger partial charge in [0.2, 0.25) is 0 Å². The van der Waals surface area contributed by atoms with E-state index in [4.69, 9.17) is 9.11 Å². The molecule has 2 N–H and O–H groups in total. The Morgan fingerprint density at radius 2 is 0.581 bits per heavy atom. The molecule has 4 rings (SSSR count). The molecular weight excluding hydrogens is 641 g/mol. The summed E-state index contributed by atoms with van der Waals surface area (Å²) in [4.78, 5) is -1.15. The fraction of sp³-hybridized carbons (Fsp3) is 0.143. The van der Waals surface area contributed by atoms with Crippen LogP contribution in [-0.2, 0) is 69.8 Å². The normalized spacial score (nSPS) is 12.7. The molecule has 0 saturated heterocycles. The van der Waals surface area contributed by atoms with Gasteiger partial charge in [-0.25, -0.2) is 0 Å². The van der Waals surface area contributed by atoms with E-state index >= 15 is 0 Å². The maximum absolute atomic E-state index is 12.7. The third-order valence-corrected chi connectivity index (χ3v) is 11.3. The number of benzene rings is 4. The van der Waals surface area contributed by atoms with Crippen LogP contribution >= 0.6 is 0 Å². The summed E-state index contributed by atoms with van der Waals surface area (Å²) in [5.41, 5.74) is 3.06. The average molecular weight is 667 g/mol. The summed E-state index contributed by atoms with van der Waals surface area (Å²) >= 11 is 0. The lowest BCUT2D eigenvalue weighted by molar-refractivity contribution is 0.461. The van der Waals surface area contributed by atoms with E-state index in [0.29, 0.717) is 25.7 Å². The summed E-state index contributed by atoms with van der Waals surface area (Å²) in [6.45, 7) is 0. The highest BCUT2D eigenvalue weighted by molar-refractivity contribution is 8.00. The average Bonchev–Trinajstić information content (AvgIpc) is 2.94. The summed E-state index contributed by atoms with van der Waals surface area (Å²) in [7, 11) is -17.9. The predicted octanol–water partition coefficient (Wildman–Crippen LogP) is 3.84. The van der Waals surface area contributed by atoms with E-state index in [0.717, 1.165) is 22.3 Å². The quantitative estimate of drug-likeness (QED) is 0.209. The van der Waals surface area contributed by atoms with Crippen LogP contribution in [0, 0.1) is 0 Å². The van der Waals surface area contributed by atoms with Crippen LogP contribution in [0.25, 0.3) is 0 Å². The zero-order chi connectivity index (χ0) is 31.5. The minimum absolute atomic E-state index is 0.221. The third-order valence-electron chi connectivity index (χ3n) is 6.45. The van der Waals surface area contributed by atoms with Crippen molar-refractivity contribution < 1.29 is 46.4 Å². The molecule has 0 amide bonds. The molecule has 0 aliphatic carbocycles. The summed E-state index contributed by atoms with van der Waals surface area (Å²) in [6.07, 6.45) is 1.96. The first-order valence-corrected chi connectivity index (χ1v) is 18.2. The number of hydrogen-bond acceptors (Lipinski definition) is 9. The lowest BCUT2D eigenvalue weighted by Crippen LogP contribution is -2.14. The molecule has 0 atom stereocenters. The Morgan fingerprint density at radius 1 is 0.372 bits per heavy atom. The van der Waals surface area contributed by atoms with Crippen molar-refractivity contribution in [1.82, 2.24) is 0 Å². The van der Waals surface area contributed by atoms with Gasteiger partial charge in [0.05, 0.1) is 19.6 Å². The fourth-order valence-corrected chi connectivity index (χ4v) is 7.55. The van der Waals surface area contributed by atoms with Gasteiger partial charge in [-0.1, -0.05) is 48.5 Å². The molecule has 0 bridgehead atoms. The molecule has 15 heteroatoms. The van der Waals surface area contributed by atoms with Crippen LogP contribution in [0.5, 0.6) is 0 Å². The van der Waals surface area contributed by atoms with E-state index in [2.05, 4.69) is 3.63 Å². The SMILES string of the molecule is O=S(=O)(O)c1ccc(CCc2ccc(S(=O)(=O)OS(=O)(=O)c3ccc(CCc4ccc(S(=O)(=O)O)cc4)cc3)cc2)cc1. The second-order valence-corrected chi connectivity index (χ2v) is 15.6. The molecule has 0 unspecified atom stereocenters. The van der Waals surface area contributed by atoms with Crippen LogP contribution in [0.1, 0.15) is 22.3 Å². The van der Waals surface area contributed by atoms with Crippen molar-refractivity contribution in [2.75, 3.05) is 0 Å². The molecule has 0 heterocycles. The molecule has 4 aromatic carbocycles. The smallest absolute Gasteiger partial charge is 0.282 e. The van der Waals surface area contributed by atoms with Gasteiger partial charge in [-0.3, -0.25) is 9.11 Å². The highest BCUT2D eigenvalue weighted by Crippen LogP contribution is 2.22. The van der Waals surface area contributed by atoms with Crippen LogP contribution in [0.2, 0.25) is 0 Å². The number of aryl methyl sites for hydroxylation is 4. The van der Waals surface area contributed by atoms with Gasteiger partial charge >= 0.3 is 20.2 Å². The van der Waals surface area contributed by atoms with Crippen LogP contribution in [-0.4, -0.2) is 42.8 Å². The van der Waals surface area contributed by atoms with Gasteiger partial charge < -0.3 is 0 Å². The minimum atomic E-state index is -4.67. The van der Waals surface area contributed by atoms with Crippen molar-refractivity contribution in [2.45, 2.75) is 45.3 Å². The zero-order valence-corrected chi connectivity index (χ0v) is 25.5. The highest BCUT2D eigenvalue weighted by atomic mass is 32.3. The van der Waals surface area contributed by atoms with Crippen molar-refractivity contribution in [3.05, 3.63) is 119 Å². The lowest BCUT2D eigenvalue weighted by Gasteiger charge is -2.09. The molecule has 0 saturated carbocycles. The van der Waals surface area contributed by atoms with E-state index in [9.17, 15) is 33.7 Å². The van der Waals surface area contributed by atoms with Crippen LogP contribution in [0.3, 0.4) is 0 Å². The predicted molar refractivity (Wildman–Crippen MR) is 156 cm³/mol. The van der Waals surface area contributed by atoms with E-state index in [1.54, 1.807) is 24.3 Å². The molecule has 0 fully saturated rings. The lowest BCUT2D eigenvalue weighted by atomic mass is 10.0. The number of rotatable bonds is 12. The number of hydrogen-bond donors (Lipinski definition) is 2. The van der Waals surface area contributed by atoms with E-state index < -0.39 is 40.5 Å². The Balaban J connectivity index is 1.35. The van der Waals surface area contributed by atoms with Gasteiger partial charge in [0.25, 0.3) is 20.2 Å². The van der Waals surface area contributed by atoms with E-state index in [1.165, 1.54) is 72.8 Å². The van der Waals surface area contributed by atoms with Crippen molar-refractivity contribution in [3.8, 4) is 0 Å². The molecule has 0 spiro atoms. The molecule has 11 nitrogen and oxygen atoms in total. The van der Waals surface area contributed by atoms with Crippen molar-refractivity contribution >= 4 is 40.5 Å². The van der Waals surface area contributed by atoms with Gasteiger partial charge in [-0.15, -0.1) is 3.63 Å². The van der Waals surface area contributed by atoms with Gasteiger partial charge in [0.1, 0.15) is 0 Å². The third kappa shape index (κ3) is 8.79. The Kier molecular flexibility index (Phi) is 9.56. The molecule has 0 aliphatic heterocycles. The first-order valence-electron chi connectivity index (χ1n) is 12.5. The van der Waals surface area contributed by atoms with Crippen LogP contribution in [0.4, 0.5) is 0 Å². The maximum Gasteiger partial charge on any atom is 0.311 e. The Bertz CT molecular complexity index is 1870. The molecule has 0 radical (unpaired) electrons. The Labute approximate surface area is 250 Å². The topological polar surface area (TPSA) is 186 Å². The maximum atomic E-state index is 12.7. The summed E-state index contributed by atoms with van der Waals surface area (Å²) < 4.78 is 118. The van der Waals surface area contributed by atoms with Gasteiger partial charge in [0, 0.05) is 0 Å². The fourth-order valence-electron chi connectivity index (χ4n) is 4.08. The van der Waals surface area contributed by atoms with Crippen LogP contribution < -0.4 is 0 Å². The van der Waals surface area contributed by atoms with Crippen molar-refractivity contribution in [3.63, 3.8) is 0 Å². The van der Waals surface area contributed by atoms with E-state index in [-0.39, 0.29) is 19.6 Å². The standard InChI is InChI=1S/C28H26O11S4/c29-40(30,31)25-13-5-21(6-14-25)1-3-23-9-17-27(18-10-23)42(35,36)39-43(37,38)28-19-11-24(12-20-28)4-2-22-7-15-26(16-8-22)41(32,33)34/h5-20H,1-4H2,(H,29,30,31)(H,32,33,34). The summed E-state index contributed by atoms with van der Waals surface area (Å²) in [6, 6.07) is 22.3. The monoisotopic (exact) mass is 666 g/mol. The minimum Gasteiger partial charge on any atom is -0.282 e. The van der Waals surface area contributed by atoms with Crippen molar-refractivity contribution in [1.29, 1.82) is 0 Å². The molecular formula is C28H26O11S4. The summed E-state index contributed by atoms with van der Waals surface area (Å²) in [5.74, 6) is 0. The Hall–Kier alpha value is -3.44. The largest absolute Gasteiger partial charge is 0.311 e. The van der Waals surface area contributed by atoms with Crippen molar-refractivity contribution in [2.24, 2.45) is 0 Å². The molecule has 0 aromatic heterocycles. The van der Waals surface area contributed by atoms with Gasteiger partial charge in [-0.2, -0.15) is 33.7 Å². The summed E-state index contributed by atoms with van der Waals surface area (Å²) in [5, 5.41) is 0. The zero-order valence-electron chi connectivity index (χ0n) is 22.3. The van der Waals surface area contributed by atoms with Gasteiger partial charge in [0.15, 0.2) is 0 Å². The first-order chi connectivity index (χ1) is 20.0. The molecule has 228 valence electrons. The second-order valence-electron chi connectivity index (χ2n) is 9.50. The van der Waals surface area contributed by atoms with E-state index in [1.807, 2.05) is 0 Å². The van der Waals surface area contributed by atoms with Gasteiger partial charge in [-0.05, 0) is 96.5 Å². The molecule has 43 heavy (non-hydrogen) atoms. The Morgan fingerprint density at radius 3 is 0.791 bits per heavy atom. The highest BCUT2D eigenvalue weighted by Gasteiger charge is 2.27. The molecule has 4 aromatic rings. The first kappa shape index (κ1) is 32.5. The second kappa shape index (κ2) is 12.7. The van der Waals surface area contributed by atoms with Crippen LogP contribution in [0.15, 0.2) is 117 Å². The molecule has 0 aliphatic rings.